The fourth-order valence-corrected chi connectivity index (χ4v) is 4.29. The number of hydrogen-bond acceptors (Lipinski definition) is 7. The molecule has 2 aliphatic heterocycles. The Kier molecular flexibility index (Phi) is 4.84. The van der Waals surface area contributed by atoms with E-state index in [1.165, 1.54) is 16.7 Å². The number of ether oxygens (including phenoxy) is 2. The van der Waals surface area contributed by atoms with Crippen LogP contribution in [0.1, 0.15) is 33.9 Å². The van der Waals surface area contributed by atoms with E-state index in [4.69, 9.17) is 20.2 Å². The smallest absolute Gasteiger partial charge is 0.258 e. The average molecular weight is 403 g/mol. The lowest BCUT2D eigenvalue weighted by Gasteiger charge is -2.27. The van der Waals surface area contributed by atoms with Gasteiger partial charge in [-0.05, 0) is 55.3 Å². The Morgan fingerprint density at radius 2 is 2.13 bits per heavy atom. The van der Waals surface area contributed by atoms with E-state index in [2.05, 4.69) is 41.0 Å². The number of fused-ring (bicyclic) bond motifs is 2. The lowest BCUT2D eigenvalue weighted by molar-refractivity contribution is 0.0205. The summed E-state index contributed by atoms with van der Waals surface area (Å²) in [5.74, 6) is 0.604. The van der Waals surface area contributed by atoms with E-state index in [-0.39, 0.29) is 11.9 Å². The third kappa shape index (κ3) is 3.51. The van der Waals surface area contributed by atoms with Gasteiger partial charge in [0.15, 0.2) is 5.82 Å². The standard InChI is InChI=1S/C23H25N5O2/c1-14-7-15(8-16-11-28(2)6-4-18(14)16)20-10-26-22(24)23(27-20)30-21-13-29-12-17-9-25-5-3-19(17)21/h3,5,7-10,21H,4,6,11-13H2,1-2H3,(H2,24,26). The number of pyridine rings is 1. The highest BCUT2D eigenvalue weighted by molar-refractivity contribution is 5.64. The number of nitrogens with zero attached hydrogens (tertiary/aromatic N) is 4. The van der Waals surface area contributed by atoms with Gasteiger partial charge in [0.2, 0.25) is 0 Å². The molecule has 4 heterocycles. The predicted octanol–water partition coefficient (Wildman–Crippen LogP) is 3.07. The third-order valence-corrected chi connectivity index (χ3v) is 5.88. The summed E-state index contributed by atoms with van der Waals surface area (Å²) in [6, 6.07) is 6.35. The van der Waals surface area contributed by atoms with Crippen molar-refractivity contribution in [2.45, 2.75) is 32.6 Å². The van der Waals surface area contributed by atoms with Gasteiger partial charge in [-0.25, -0.2) is 9.97 Å². The molecule has 2 aliphatic rings. The van der Waals surface area contributed by atoms with Crippen LogP contribution in [-0.4, -0.2) is 40.1 Å². The number of nitrogen functional groups attached to an aromatic ring is 1. The summed E-state index contributed by atoms with van der Waals surface area (Å²) in [5, 5.41) is 0. The quantitative estimate of drug-likeness (QED) is 0.719. The Hall–Kier alpha value is -3.03. The van der Waals surface area contributed by atoms with Gasteiger partial charge in [-0.1, -0.05) is 0 Å². The molecule has 1 aromatic carbocycles. The molecule has 1 unspecified atom stereocenters. The summed E-state index contributed by atoms with van der Waals surface area (Å²) in [7, 11) is 2.15. The first-order chi connectivity index (χ1) is 14.6. The zero-order valence-corrected chi connectivity index (χ0v) is 17.3. The van der Waals surface area contributed by atoms with Gasteiger partial charge in [-0.3, -0.25) is 4.98 Å². The fraction of sp³-hybridized carbons (Fsp3) is 0.348. The van der Waals surface area contributed by atoms with Gasteiger partial charge < -0.3 is 20.1 Å². The van der Waals surface area contributed by atoms with Gasteiger partial charge in [0.25, 0.3) is 5.88 Å². The predicted molar refractivity (Wildman–Crippen MR) is 114 cm³/mol. The lowest BCUT2D eigenvalue weighted by Crippen LogP contribution is -2.27. The molecule has 7 heteroatoms. The highest BCUT2D eigenvalue weighted by Crippen LogP contribution is 2.33. The van der Waals surface area contributed by atoms with Crippen molar-refractivity contribution in [2.75, 3.05) is 25.9 Å². The number of anilines is 1. The minimum atomic E-state index is -0.289. The van der Waals surface area contributed by atoms with Crippen molar-refractivity contribution < 1.29 is 9.47 Å². The molecule has 3 aromatic rings. The summed E-state index contributed by atoms with van der Waals surface area (Å²) in [4.78, 5) is 15.6. The Labute approximate surface area is 175 Å². The van der Waals surface area contributed by atoms with Crippen molar-refractivity contribution in [1.29, 1.82) is 0 Å². The van der Waals surface area contributed by atoms with E-state index in [0.29, 0.717) is 19.1 Å². The van der Waals surface area contributed by atoms with Crippen LogP contribution in [0.25, 0.3) is 11.3 Å². The molecule has 2 N–H and O–H groups in total. The summed E-state index contributed by atoms with van der Waals surface area (Å²) >= 11 is 0. The molecule has 0 amide bonds. The number of hydrogen-bond donors (Lipinski definition) is 1. The maximum Gasteiger partial charge on any atom is 0.258 e. The molecular weight excluding hydrogens is 378 g/mol. The van der Waals surface area contributed by atoms with Gasteiger partial charge in [0.1, 0.15) is 6.10 Å². The summed E-state index contributed by atoms with van der Waals surface area (Å²) < 4.78 is 11.8. The van der Waals surface area contributed by atoms with Gasteiger partial charge in [-0.2, -0.15) is 0 Å². The number of aromatic nitrogens is 3. The average Bonchev–Trinajstić information content (AvgIpc) is 2.75. The summed E-state index contributed by atoms with van der Waals surface area (Å²) in [6.07, 6.45) is 6.07. The van der Waals surface area contributed by atoms with Crippen molar-refractivity contribution in [2.24, 2.45) is 0 Å². The minimum Gasteiger partial charge on any atom is -0.464 e. The summed E-state index contributed by atoms with van der Waals surface area (Å²) in [6.45, 7) is 5.17. The zero-order valence-electron chi connectivity index (χ0n) is 17.3. The van der Waals surface area contributed by atoms with Crippen LogP contribution in [0.15, 0.2) is 36.8 Å². The van der Waals surface area contributed by atoms with Crippen LogP contribution in [0, 0.1) is 6.92 Å². The van der Waals surface area contributed by atoms with Crippen LogP contribution in [0.3, 0.4) is 0 Å². The molecule has 7 nitrogen and oxygen atoms in total. The molecule has 1 atom stereocenters. The van der Waals surface area contributed by atoms with Gasteiger partial charge in [-0.15, -0.1) is 0 Å². The number of rotatable bonds is 3. The molecule has 0 bridgehead atoms. The molecule has 154 valence electrons. The SMILES string of the molecule is Cc1cc(-c2cnc(N)c(OC3COCc4cnccc43)n2)cc2c1CCN(C)C2. The maximum atomic E-state index is 6.18. The van der Waals surface area contributed by atoms with Crippen LogP contribution < -0.4 is 10.5 Å². The van der Waals surface area contributed by atoms with Gasteiger partial charge in [0, 0.05) is 42.2 Å². The molecule has 30 heavy (non-hydrogen) atoms. The van der Waals surface area contributed by atoms with E-state index in [1.54, 1.807) is 12.4 Å². The van der Waals surface area contributed by atoms with Crippen LogP contribution in [0.5, 0.6) is 5.88 Å². The third-order valence-electron chi connectivity index (χ3n) is 5.88. The van der Waals surface area contributed by atoms with Crippen molar-refractivity contribution in [3.8, 4) is 17.1 Å². The van der Waals surface area contributed by atoms with Crippen molar-refractivity contribution >= 4 is 5.82 Å². The highest BCUT2D eigenvalue weighted by Gasteiger charge is 2.24. The molecule has 5 rings (SSSR count). The molecular formula is C23H25N5O2. The minimum absolute atomic E-state index is 0.273. The molecule has 0 fully saturated rings. The Morgan fingerprint density at radius 3 is 3.03 bits per heavy atom. The number of nitrogens with two attached hydrogens (primary N) is 1. The topological polar surface area (TPSA) is 86.4 Å². The molecule has 2 aromatic heterocycles. The second kappa shape index (κ2) is 7.66. The number of aryl methyl sites for hydroxylation is 1. The molecule has 0 saturated carbocycles. The van der Waals surface area contributed by atoms with Crippen LogP contribution in [-0.2, 0) is 24.3 Å². The zero-order chi connectivity index (χ0) is 20.7. The first-order valence-corrected chi connectivity index (χ1v) is 10.2. The van der Waals surface area contributed by atoms with Crippen LogP contribution in [0.4, 0.5) is 5.82 Å². The second-order valence-electron chi connectivity index (χ2n) is 8.06. The van der Waals surface area contributed by atoms with E-state index < -0.39 is 0 Å². The van der Waals surface area contributed by atoms with Crippen molar-refractivity contribution in [3.05, 3.63) is 64.6 Å². The fourth-order valence-electron chi connectivity index (χ4n) is 4.29. The highest BCUT2D eigenvalue weighted by atomic mass is 16.5. The maximum absolute atomic E-state index is 6.18. The lowest BCUT2D eigenvalue weighted by atomic mass is 9.92. The number of likely N-dealkylation sites (N-methyl/N-ethyl adjacent to an activating group) is 1. The molecule has 0 radical (unpaired) electrons. The molecule has 0 saturated heterocycles. The largest absolute Gasteiger partial charge is 0.464 e. The normalized spacial score (nSPS) is 18.5. The van der Waals surface area contributed by atoms with Crippen molar-refractivity contribution in [1.82, 2.24) is 19.9 Å². The number of benzene rings is 1. The molecule has 0 spiro atoms. The van der Waals surface area contributed by atoms with E-state index in [9.17, 15) is 0 Å². The van der Waals surface area contributed by atoms with E-state index in [0.717, 1.165) is 41.9 Å². The Balaban J connectivity index is 1.48. The van der Waals surface area contributed by atoms with E-state index in [1.807, 2.05) is 12.3 Å². The van der Waals surface area contributed by atoms with E-state index >= 15 is 0 Å². The van der Waals surface area contributed by atoms with Gasteiger partial charge in [0.05, 0.1) is 25.1 Å². The Morgan fingerprint density at radius 1 is 1.23 bits per heavy atom. The first-order valence-electron chi connectivity index (χ1n) is 10.2. The summed E-state index contributed by atoms with van der Waals surface area (Å²) in [5.41, 5.74) is 14.0. The monoisotopic (exact) mass is 403 g/mol. The van der Waals surface area contributed by atoms with Crippen molar-refractivity contribution in [3.63, 3.8) is 0 Å². The Bertz CT molecular complexity index is 1100. The van der Waals surface area contributed by atoms with Crippen LogP contribution >= 0.6 is 0 Å². The second-order valence-corrected chi connectivity index (χ2v) is 8.06. The molecule has 0 aliphatic carbocycles. The first kappa shape index (κ1) is 19.0. The van der Waals surface area contributed by atoms with Gasteiger partial charge >= 0.3 is 0 Å². The van der Waals surface area contributed by atoms with Crippen LogP contribution in [0.2, 0.25) is 0 Å².